The number of amides is 1. The van der Waals surface area contributed by atoms with Crippen LogP contribution >= 0.6 is 11.6 Å². The van der Waals surface area contributed by atoms with Crippen LogP contribution in [0.15, 0.2) is 18.2 Å². The number of nitrogens with one attached hydrogen (secondary N) is 1. The van der Waals surface area contributed by atoms with Crippen LogP contribution in [0, 0.1) is 0 Å². The largest absolute Gasteiger partial charge is 0.496 e. The Hall–Kier alpha value is -1.26. The highest BCUT2D eigenvalue weighted by atomic mass is 35.5. The molecule has 19 heavy (non-hydrogen) atoms. The van der Waals surface area contributed by atoms with Crippen LogP contribution in [0.4, 0.5) is 0 Å². The number of nitrogens with zero attached hydrogens (tertiary/aromatic N) is 1. The van der Waals surface area contributed by atoms with Gasteiger partial charge in [-0.2, -0.15) is 0 Å². The lowest BCUT2D eigenvalue weighted by molar-refractivity contribution is -0.130. The van der Waals surface area contributed by atoms with Gasteiger partial charge in [0.2, 0.25) is 5.91 Å². The van der Waals surface area contributed by atoms with Gasteiger partial charge in [0.15, 0.2) is 0 Å². The topological polar surface area (TPSA) is 41.6 Å². The van der Waals surface area contributed by atoms with E-state index in [1.54, 1.807) is 25.3 Å². The van der Waals surface area contributed by atoms with Crippen molar-refractivity contribution in [2.45, 2.75) is 18.9 Å². The van der Waals surface area contributed by atoms with Gasteiger partial charge in [-0.05, 0) is 31.2 Å². The number of likely N-dealkylation sites (N-methyl/N-ethyl adjacent to an activating group) is 1. The fourth-order valence-corrected chi connectivity index (χ4v) is 2.54. The minimum Gasteiger partial charge on any atom is -0.496 e. The molecule has 1 heterocycles. The molecule has 2 rings (SSSR count). The van der Waals surface area contributed by atoms with Crippen LogP contribution in [0.1, 0.15) is 12.0 Å². The second-order valence-electron chi connectivity index (χ2n) is 4.78. The molecule has 1 aromatic rings. The van der Waals surface area contributed by atoms with Crippen molar-refractivity contribution >= 4 is 17.5 Å². The molecule has 1 aliphatic heterocycles. The van der Waals surface area contributed by atoms with Crippen LogP contribution in [-0.4, -0.2) is 44.1 Å². The van der Waals surface area contributed by atoms with E-state index in [2.05, 4.69) is 5.32 Å². The normalized spacial score (nSPS) is 18.4. The number of carbonyl (C=O) groups excluding carboxylic acids is 1. The molecule has 1 amide bonds. The van der Waals surface area contributed by atoms with E-state index in [0.29, 0.717) is 17.2 Å². The molecule has 4 nitrogen and oxygen atoms in total. The van der Waals surface area contributed by atoms with Gasteiger partial charge < -0.3 is 15.0 Å². The molecular weight excluding hydrogens is 264 g/mol. The monoisotopic (exact) mass is 282 g/mol. The van der Waals surface area contributed by atoms with Crippen LogP contribution in [0.5, 0.6) is 5.75 Å². The second-order valence-corrected chi connectivity index (χ2v) is 5.22. The first-order chi connectivity index (χ1) is 9.11. The van der Waals surface area contributed by atoms with Crippen molar-refractivity contribution in [1.82, 2.24) is 10.2 Å². The van der Waals surface area contributed by atoms with Crippen LogP contribution < -0.4 is 10.1 Å². The molecule has 104 valence electrons. The molecule has 0 aromatic heterocycles. The first-order valence-electron chi connectivity index (χ1n) is 6.40. The van der Waals surface area contributed by atoms with Crippen LogP contribution in [0.2, 0.25) is 5.02 Å². The molecule has 0 spiro atoms. The highest BCUT2D eigenvalue weighted by Crippen LogP contribution is 2.23. The van der Waals surface area contributed by atoms with Crippen molar-refractivity contribution < 1.29 is 9.53 Å². The predicted octanol–water partition coefficient (Wildman–Crippen LogP) is 1.71. The lowest BCUT2D eigenvalue weighted by atomic mass is 10.1. The van der Waals surface area contributed by atoms with Gasteiger partial charge in [-0.15, -0.1) is 0 Å². The van der Waals surface area contributed by atoms with Crippen LogP contribution in [0.3, 0.4) is 0 Å². The zero-order valence-electron chi connectivity index (χ0n) is 11.3. The Bertz CT molecular complexity index is 459. The van der Waals surface area contributed by atoms with Gasteiger partial charge in [0.25, 0.3) is 0 Å². The van der Waals surface area contributed by atoms with E-state index >= 15 is 0 Å². The second kappa shape index (κ2) is 6.26. The van der Waals surface area contributed by atoms with Gasteiger partial charge in [0.1, 0.15) is 5.75 Å². The Kier molecular flexibility index (Phi) is 4.66. The maximum absolute atomic E-state index is 12.3. The standard InChI is InChI=1S/C14H19ClN2O2/c1-17(12-5-6-16-9-12)14(18)8-10-7-11(15)3-4-13(10)19-2/h3-4,7,12,16H,5-6,8-9H2,1-2H3. The third-order valence-corrected chi connectivity index (χ3v) is 3.79. The number of ether oxygens (including phenoxy) is 1. The molecule has 1 aromatic carbocycles. The summed E-state index contributed by atoms with van der Waals surface area (Å²) in [4.78, 5) is 14.1. The molecule has 0 saturated carbocycles. The minimum absolute atomic E-state index is 0.0919. The Morgan fingerprint density at radius 1 is 1.58 bits per heavy atom. The first-order valence-corrected chi connectivity index (χ1v) is 6.78. The summed E-state index contributed by atoms with van der Waals surface area (Å²) >= 11 is 5.97. The quantitative estimate of drug-likeness (QED) is 0.914. The number of halogens is 1. The zero-order valence-corrected chi connectivity index (χ0v) is 12.0. The fourth-order valence-electron chi connectivity index (χ4n) is 2.35. The number of rotatable bonds is 4. The smallest absolute Gasteiger partial charge is 0.227 e. The Balaban J connectivity index is 2.07. The van der Waals surface area contributed by atoms with E-state index in [4.69, 9.17) is 16.3 Å². The summed E-state index contributed by atoms with van der Waals surface area (Å²) in [6.07, 6.45) is 1.33. The molecule has 1 aliphatic rings. The molecule has 1 atom stereocenters. The molecular formula is C14H19ClN2O2. The summed E-state index contributed by atoms with van der Waals surface area (Å²) in [6.45, 7) is 1.84. The average Bonchev–Trinajstić information content (AvgIpc) is 2.92. The van der Waals surface area contributed by atoms with Crippen molar-refractivity contribution in [1.29, 1.82) is 0 Å². The molecule has 1 unspecified atom stereocenters. The summed E-state index contributed by atoms with van der Waals surface area (Å²) in [5, 5.41) is 3.88. The third-order valence-electron chi connectivity index (χ3n) is 3.56. The van der Waals surface area contributed by atoms with Gasteiger partial charge in [-0.1, -0.05) is 11.6 Å². The number of hydrogen-bond acceptors (Lipinski definition) is 3. The zero-order chi connectivity index (χ0) is 13.8. The van der Waals surface area contributed by atoms with Crippen LogP contribution in [-0.2, 0) is 11.2 Å². The molecule has 1 N–H and O–H groups in total. The van der Waals surface area contributed by atoms with Crippen molar-refractivity contribution in [3.05, 3.63) is 28.8 Å². The molecule has 0 radical (unpaired) electrons. The van der Waals surface area contributed by atoms with Crippen LogP contribution in [0.25, 0.3) is 0 Å². The lowest BCUT2D eigenvalue weighted by Crippen LogP contribution is -2.39. The van der Waals surface area contributed by atoms with Crippen molar-refractivity contribution in [2.24, 2.45) is 0 Å². The van der Waals surface area contributed by atoms with E-state index in [-0.39, 0.29) is 11.9 Å². The van der Waals surface area contributed by atoms with Gasteiger partial charge in [-0.25, -0.2) is 0 Å². The summed E-state index contributed by atoms with van der Waals surface area (Å²) in [7, 11) is 3.46. The number of methoxy groups -OCH3 is 1. The lowest BCUT2D eigenvalue weighted by Gasteiger charge is -2.24. The Morgan fingerprint density at radius 3 is 3.00 bits per heavy atom. The summed E-state index contributed by atoms with van der Waals surface area (Å²) < 4.78 is 5.26. The summed E-state index contributed by atoms with van der Waals surface area (Å²) in [5.41, 5.74) is 0.831. The number of carbonyl (C=O) groups is 1. The predicted molar refractivity (Wildman–Crippen MR) is 75.8 cm³/mol. The van der Waals surface area contributed by atoms with E-state index in [1.807, 2.05) is 11.9 Å². The first kappa shape index (κ1) is 14.2. The molecule has 0 aliphatic carbocycles. The maximum Gasteiger partial charge on any atom is 0.227 e. The Morgan fingerprint density at radius 2 is 2.37 bits per heavy atom. The number of benzene rings is 1. The average molecular weight is 283 g/mol. The summed E-state index contributed by atoms with van der Waals surface area (Å²) in [6, 6.07) is 5.64. The summed E-state index contributed by atoms with van der Waals surface area (Å²) in [5.74, 6) is 0.796. The van der Waals surface area contributed by atoms with E-state index in [0.717, 1.165) is 25.1 Å². The van der Waals surface area contributed by atoms with E-state index < -0.39 is 0 Å². The molecule has 0 bridgehead atoms. The highest BCUT2D eigenvalue weighted by Gasteiger charge is 2.23. The van der Waals surface area contributed by atoms with Crippen molar-refractivity contribution in [3.63, 3.8) is 0 Å². The molecule has 5 heteroatoms. The Labute approximate surface area is 118 Å². The van der Waals surface area contributed by atoms with Gasteiger partial charge >= 0.3 is 0 Å². The maximum atomic E-state index is 12.3. The minimum atomic E-state index is 0.0919. The van der Waals surface area contributed by atoms with Crippen molar-refractivity contribution in [2.75, 3.05) is 27.2 Å². The van der Waals surface area contributed by atoms with Gasteiger partial charge in [0.05, 0.1) is 13.5 Å². The highest BCUT2D eigenvalue weighted by molar-refractivity contribution is 6.30. The molecule has 1 saturated heterocycles. The third kappa shape index (κ3) is 3.39. The van der Waals surface area contributed by atoms with E-state index in [9.17, 15) is 4.79 Å². The van der Waals surface area contributed by atoms with Gasteiger partial charge in [-0.3, -0.25) is 4.79 Å². The van der Waals surface area contributed by atoms with Crippen molar-refractivity contribution in [3.8, 4) is 5.75 Å². The number of hydrogen-bond donors (Lipinski definition) is 1. The van der Waals surface area contributed by atoms with E-state index in [1.165, 1.54) is 0 Å². The van der Waals surface area contributed by atoms with Gasteiger partial charge in [0, 0.05) is 30.2 Å². The SMILES string of the molecule is COc1ccc(Cl)cc1CC(=O)N(C)C1CCNC1. The fraction of sp³-hybridized carbons (Fsp3) is 0.500. The molecule has 1 fully saturated rings.